The maximum absolute atomic E-state index is 5.74. The fraction of sp³-hybridized carbons (Fsp3) is 0.667. The maximum atomic E-state index is 5.74. The van der Waals surface area contributed by atoms with Gasteiger partial charge in [-0.3, -0.25) is 0 Å². The summed E-state index contributed by atoms with van der Waals surface area (Å²) >= 11 is 0. The van der Waals surface area contributed by atoms with Crippen molar-refractivity contribution in [3.63, 3.8) is 0 Å². The number of hydrogen-bond donors (Lipinski definition) is 1. The molecular formula is C15H26N2O. The summed E-state index contributed by atoms with van der Waals surface area (Å²) in [7, 11) is 1.96. The lowest BCUT2D eigenvalue weighted by molar-refractivity contribution is 0.292. The predicted molar refractivity (Wildman–Crippen MR) is 76.0 cm³/mol. The number of hydrogen-bond acceptors (Lipinski definition) is 3. The zero-order valence-electron chi connectivity index (χ0n) is 12.0. The van der Waals surface area contributed by atoms with Gasteiger partial charge in [0.15, 0.2) is 0 Å². The van der Waals surface area contributed by atoms with Gasteiger partial charge in [0, 0.05) is 18.3 Å². The van der Waals surface area contributed by atoms with E-state index < -0.39 is 0 Å². The molecule has 102 valence electrons. The van der Waals surface area contributed by atoms with E-state index in [1.165, 1.54) is 24.8 Å². The van der Waals surface area contributed by atoms with E-state index >= 15 is 0 Å². The van der Waals surface area contributed by atoms with Gasteiger partial charge >= 0.3 is 0 Å². The first-order valence-corrected chi connectivity index (χ1v) is 7.07. The Morgan fingerprint density at radius 3 is 2.67 bits per heavy atom. The van der Waals surface area contributed by atoms with E-state index in [0.717, 1.165) is 37.6 Å². The molecule has 18 heavy (non-hydrogen) atoms. The third kappa shape index (κ3) is 5.50. The van der Waals surface area contributed by atoms with Crippen LogP contribution in [0.3, 0.4) is 0 Å². The van der Waals surface area contributed by atoms with Crippen molar-refractivity contribution in [3.05, 3.63) is 23.4 Å². The molecule has 0 atom stereocenters. The third-order valence-corrected chi connectivity index (χ3v) is 2.91. The van der Waals surface area contributed by atoms with E-state index in [2.05, 4.69) is 30.2 Å². The quantitative estimate of drug-likeness (QED) is 0.683. The Hall–Kier alpha value is -1.09. The first-order valence-electron chi connectivity index (χ1n) is 7.07. The van der Waals surface area contributed by atoms with Crippen LogP contribution in [0.2, 0.25) is 0 Å². The Kier molecular flexibility index (Phi) is 7.42. The van der Waals surface area contributed by atoms with E-state index in [-0.39, 0.29) is 0 Å². The highest BCUT2D eigenvalue weighted by atomic mass is 16.5. The Balaban J connectivity index is 2.50. The molecule has 0 fully saturated rings. The van der Waals surface area contributed by atoms with Crippen LogP contribution >= 0.6 is 0 Å². The first-order chi connectivity index (χ1) is 8.80. The number of rotatable bonds is 9. The number of nitrogens with zero attached hydrogens (tertiary/aromatic N) is 1. The number of pyridine rings is 1. The molecule has 0 aliphatic carbocycles. The van der Waals surface area contributed by atoms with Crippen molar-refractivity contribution in [2.45, 2.75) is 52.5 Å². The average Bonchev–Trinajstić information content (AvgIpc) is 2.38. The molecule has 1 heterocycles. The van der Waals surface area contributed by atoms with Crippen LogP contribution in [0.5, 0.6) is 5.88 Å². The molecule has 0 aromatic carbocycles. The lowest BCUT2D eigenvalue weighted by Gasteiger charge is -2.09. The minimum Gasteiger partial charge on any atom is -0.478 e. The van der Waals surface area contributed by atoms with Crippen molar-refractivity contribution in [1.29, 1.82) is 0 Å². The van der Waals surface area contributed by atoms with Crippen molar-refractivity contribution in [2.24, 2.45) is 0 Å². The molecule has 0 aliphatic heterocycles. The number of unbranched alkanes of at least 4 members (excludes halogenated alkanes) is 3. The molecule has 0 unspecified atom stereocenters. The van der Waals surface area contributed by atoms with Crippen LogP contribution in [-0.4, -0.2) is 18.6 Å². The monoisotopic (exact) mass is 250 g/mol. The molecule has 0 radical (unpaired) electrons. The second kappa shape index (κ2) is 8.92. The molecule has 0 aliphatic rings. The highest BCUT2D eigenvalue weighted by molar-refractivity contribution is 5.25. The highest BCUT2D eigenvalue weighted by Gasteiger charge is 2.02. The van der Waals surface area contributed by atoms with Gasteiger partial charge in [-0.2, -0.15) is 0 Å². The van der Waals surface area contributed by atoms with Gasteiger partial charge in [0.2, 0.25) is 5.88 Å². The van der Waals surface area contributed by atoms with Crippen LogP contribution in [0, 0.1) is 0 Å². The van der Waals surface area contributed by atoms with E-state index in [1.807, 2.05) is 13.1 Å². The molecule has 0 saturated carbocycles. The van der Waals surface area contributed by atoms with Gasteiger partial charge in [0.05, 0.1) is 6.61 Å². The number of aryl methyl sites for hydroxylation is 1. The minimum absolute atomic E-state index is 0.774. The van der Waals surface area contributed by atoms with Crippen LogP contribution < -0.4 is 10.1 Å². The molecule has 1 aromatic rings. The first kappa shape index (κ1) is 15.0. The van der Waals surface area contributed by atoms with Gasteiger partial charge < -0.3 is 10.1 Å². The Bertz CT molecular complexity index is 339. The summed E-state index contributed by atoms with van der Waals surface area (Å²) in [6.07, 6.45) is 5.86. The zero-order chi connectivity index (χ0) is 13.2. The van der Waals surface area contributed by atoms with Gasteiger partial charge in [-0.1, -0.05) is 33.1 Å². The second-order valence-electron chi connectivity index (χ2n) is 4.60. The van der Waals surface area contributed by atoms with Gasteiger partial charge in [-0.05, 0) is 31.5 Å². The average molecular weight is 250 g/mol. The van der Waals surface area contributed by atoms with Crippen LogP contribution in [0.15, 0.2) is 12.1 Å². The molecule has 3 heteroatoms. The van der Waals surface area contributed by atoms with Crippen molar-refractivity contribution in [2.75, 3.05) is 13.7 Å². The number of ether oxygens (including phenoxy) is 1. The maximum Gasteiger partial charge on any atom is 0.213 e. The normalized spacial score (nSPS) is 10.6. The Morgan fingerprint density at radius 2 is 2.00 bits per heavy atom. The summed E-state index contributed by atoms with van der Waals surface area (Å²) in [6.45, 7) is 5.98. The molecule has 0 amide bonds. The topological polar surface area (TPSA) is 34.1 Å². The van der Waals surface area contributed by atoms with Crippen molar-refractivity contribution < 1.29 is 4.74 Å². The van der Waals surface area contributed by atoms with E-state index in [9.17, 15) is 0 Å². The van der Waals surface area contributed by atoms with Crippen LogP contribution in [0.25, 0.3) is 0 Å². The summed E-state index contributed by atoms with van der Waals surface area (Å²) in [5, 5.41) is 3.16. The zero-order valence-corrected chi connectivity index (χ0v) is 12.0. The molecule has 1 aromatic heterocycles. The molecule has 0 spiro atoms. The van der Waals surface area contributed by atoms with Crippen LogP contribution in [0.4, 0.5) is 0 Å². The second-order valence-corrected chi connectivity index (χ2v) is 4.60. The Morgan fingerprint density at radius 1 is 1.17 bits per heavy atom. The molecule has 0 saturated heterocycles. The van der Waals surface area contributed by atoms with Crippen LogP contribution in [0.1, 0.15) is 50.8 Å². The predicted octanol–water partition coefficient (Wildman–Crippen LogP) is 3.32. The standard InChI is InChI=1S/C15H26N2O/c1-4-6-7-8-9-18-15-11-13(12-16-3)10-14(5-2)17-15/h10-11,16H,4-9,12H2,1-3H3. The molecule has 1 rings (SSSR count). The number of aromatic nitrogens is 1. The summed E-state index contributed by atoms with van der Waals surface area (Å²) in [4.78, 5) is 4.50. The third-order valence-electron chi connectivity index (χ3n) is 2.91. The van der Waals surface area contributed by atoms with Crippen molar-refractivity contribution in [3.8, 4) is 5.88 Å². The lowest BCUT2D eigenvalue weighted by Crippen LogP contribution is -2.07. The van der Waals surface area contributed by atoms with Gasteiger partial charge in [0.25, 0.3) is 0 Å². The fourth-order valence-electron chi connectivity index (χ4n) is 1.89. The highest BCUT2D eigenvalue weighted by Crippen LogP contribution is 2.14. The smallest absolute Gasteiger partial charge is 0.213 e. The summed E-state index contributed by atoms with van der Waals surface area (Å²) in [5.41, 5.74) is 2.35. The van der Waals surface area contributed by atoms with Crippen molar-refractivity contribution in [1.82, 2.24) is 10.3 Å². The number of nitrogens with one attached hydrogen (secondary N) is 1. The SMILES string of the molecule is CCCCCCOc1cc(CNC)cc(CC)n1. The minimum atomic E-state index is 0.774. The van der Waals surface area contributed by atoms with E-state index in [4.69, 9.17) is 4.74 Å². The van der Waals surface area contributed by atoms with E-state index in [0.29, 0.717) is 0 Å². The summed E-state index contributed by atoms with van der Waals surface area (Å²) in [5.74, 6) is 0.774. The molecular weight excluding hydrogens is 224 g/mol. The molecule has 0 bridgehead atoms. The summed E-state index contributed by atoms with van der Waals surface area (Å²) in [6, 6.07) is 4.18. The van der Waals surface area contributed by atoms with Crippen LogP contribution in [-0.2, 0) is 13.0 Å². The van der Waals surface area contributed by atoms with Crippen molar-refractivity contribution >= 4 is 0 Å². The van der Waals surface area contributed by atoms with Gasteiger partial charge in [-0.25, -0.2) is 4.98 Å². The lowest BCUT2D eigenvalue weighted by atomic mass is 10.2. The fourth-order valence-corrected chi connectivity index (χ4v) is 1.89. The molecule has 1 N–H and O–H groups in total. The largest absolute Gasteiger partial charge is 0.478 e. The van der Waals surface area contributed by atoms with Gasteiger partial charge in [-0.15, -0.1) is 0 Å². The summed E-state index contributed by atoms with van der Waals surface area (Å²) < 4.78 is 5.74. The van der Waals surface area contributed by atoms with Gasteiger partial charge in [0.1, 0.15) is 0 Å². The Labute approximate surface area is 111 Å². The van der Waals surface area contributed by atoms with E-state index in [1.54, 1.807) is 0 Å². The molecule has 3 nitrogen and oxygen atoms in total.